The van der Waals surface area contributed by atoms with Gasteiger partial charge in [-0.2, -0.15) is 5.10 Å². The second kappa shape index (κ2) is 6.89. The van der Waals surface area contributed by atoms with E-state index in [9.17, 15) is 4.79 Å². The van der Waals surface area contributed by atoms with Crippen LogP contribution in [0.3, 0.4) is 0 Å². The zero-order chi connectivity index (χ0) is 13.7. The Morgan fingerprint density at radius 2 is 2.17 bits per heavy atom. The summed E-state index contributed by atoms with van der Waals surface area (Å²) in [4.78, 5) is 11.6. The summed E-state index contributed by atoms with van der Waals surface area (Å²) in [6.07, 6.45) is 0.889. The number of carbonyl (C=O) groups excluding carboxylic acids is 1. The highest BCUT2D eigenvalue weighted by Gasteiger charge is 2.15. The smallest absolute Gasteiger partial charge is 0.236 e. The fraction of sp³-hybridized carbons (Fsp3) is 0.667. The molecule has 1 amide bonds. The third-order valence-electron chi connectivity index (χ3n) is 2.82. The Morgan fingerprint density at radius 3 is 2.67 bits per heavy atom. The average Bonchev–Trinajstić information content (AvgIpc) is 2.62. The van der Waals surface area contributed by atoms with Crippen molar-refractivity contribution in [1.29, 1.82) is 0 Å². The molecule has 0 aliphatic rings. The van der Waals surface area contributed by atoms with Gasteiger partial charge in [0, 0.05) is 20.1 Å². The van der Waals surface area contributed by atoms with Gasteiger partial charge in [-0.1, -0.05) is 6.92 Å². The van der Waals surface area contributed by atoms with E-state index < -0.39 is 0 Å². The van der Waals surface area contributed by atoms with E-state index in [1.165, 1.54) is 0 Å². The van der Waals surface area contributed by atoms with Crippen molar-refractivity contribution < 1.29 is 4.79 Å². The molecule has 1 aromatic heterocycles. The van der Waals surface area contributed by atoms with Gasteiger partial charge in [0.2, 0.25) is 5.91 Å². The summed E-state index contributed by atoms with van der Waals surface area (Å²) < 4.78 is 2.88. The zero-order valence-electron chi connectivity index (χ0n) is 11.4. The molecule has 0 radical (unpaired) electrons. The second-order valence-electron chi connectivity index (χ2n) is 4.18. The van der Waals surface area contributed by atoms with Crippen LogP contribution in [0.25, 0.3) is 0 Å². The molecule has 1 heterocycles. The van der Waals surface area contributed by atoms with E-state index in [1.807, 2.05) is 25.6 Å². The van der Waals surface area contributed by atoms with Crippen molar-refractivity contribution in [3.8, 4) is 0 Å². The van der Waals surface area contributed by atoms with E-state index in [-0.39, 0.29) is 11.9 Å². The molecule has 1 atom stereocenters. The molecule has 0 saturated heterocycles. The number of carbonyl (C=O) groups is 1. The van der Waals surface area contributed by atoms with Crippen LogP contribution in [0.2, 0.25) is 0 Å². The Hall–Kier alpha value is -0.880. The molecule has 2 N–H and O–H groups in total. The highest BCUT2D eigenvalue weighted by atomic mass is 79.9. The van der Waals surface area contributed by atoms with Gasteiger partial charge >= 0.3 is 0 Å². The van der Waals surface area contributed by atoms with Crippen LogP contribution in [0.1, 0.15) is 32.2 Å². The molecule has 0 aliphatic heterocycles. The van der Waals surface area contributed by atoms with Crippen molar-refractivity contribution in [2.75, 3.05) is 6.54 Å². The number of likely N-dealkylation sites (N-methyl/N-ethyl adjacent to an activating group) is 1. The van der Waals surface area contributed by atoms with Crippen LogP contribution in [0.4, 0.5) is 0 Å². The summed E-state index contributed by atoms with van der Waals surface area (Å²) in [5.41, 5.74) is 2.10. The molecule has 5 nitrogen and oxygen atoms in total. The van der Waals surface area contributed by atoms with Gasteiger partial charge in [-0.3, -0.25) is 9.48 Å². The Morgan fingerprint density at radius 1 is 1.50 bits per heavy atom. The first-order valence-electron chi connectivity index (χ1n) is 6.22. The number of nitrogens with one attached hydrogen (secondary N) is 2. The summed E-state index contributed by atoms with van der Waals surface area (Å²) in [7, 11) is 1.91. The summed E-state index contributed by atoms with van der Waals surface area (Å²) in [6, 6.07) is -0.211. The standard InChI is InChI=1S/C12H21BrN4O/c1-5-9-11(13)10(17(4)16-9)7-15-8(3)12(18)14-6-2/h8,15H,5-7H2,1-4H3,(H,14,18). The molecular formula is C12H21BrN4O. The number of rotatable bonds is 6. The molecule has 0 aromatic carbocycles. The number of amides is 1. The van der Waals surface area contributed by atoms with E-state index in [0.29, 0.717) is 13.1 Å². The minimum Gasteiger partial charge on any atom is -0.355 e. The predicted molar refractivity (Wildman–Crippen MR) is 75.3 cm³/mol. The molecule has 18 heavy (non-hydrogen) atoms. The van der Waals surface area contributed by atoms with E-state index in [4.69, 9.17) is 0 Å². The molecule has 0 fully saturated rings. The van der Waals surface area contributed by atoms with E-state index in [2.05, 4.69) is 38.6 Å². The van der Waals surface area contributed by atoms with Crippen molar-refractivity contribution in [3.05, 3.63) is 15.9 Å². The van der Waals surface area contributed by atoms with Crippen LogP contribution in [-0.2, 0) is 24.8 Å². The molecule has 0 aliphatic carbocycles. The highest BCUT2D eigenvalue weighted by molar-refractivity contribution is 9.10. The molecule has 6 heteroatoms. The van der Waals surface area contributed by atoms with Crippen LogP contribution in [-0.4, -0.2) is 28.3 Å². The normalized spacial score (nSPS) is 12.5. The van der Waals surface area contributed by atoms with E-state index >= 15 is 0 Å². The predicted octanol–water partition coefficient (Wildman–Crippen LogP) is 1.36. The highest BCUT2D eigenvalue weighted by Crippen LogP contribution is 2.21. The van der Waals surface area contributed by atoms with Crippen LogP contribution in [0.15, 0.2) is 4.47 Å². The first kappa shape index (κ1) is 15.2. The summed E-state index contributed by atoms with van der Waals surface area (Å²) in [6.45, 7) is 7.11. The molecular weight excluding hydrogens is 296 g/mol. The minimum absolute atomic E-state index is 0.0199. The van der Waals surface area contributed by atoms with Crippen molar-refractivity contribution >= 4 is 21.8 Å². The zero-order valence-corrected chi connectivity index (χ0v) is 13.0. The Bertz CT molecular complexity index is 416. The minimum atomic E-state index is -0.211. The maximum atomic E-state index is 11.6. The lowest BCUT2D eigenvalue weighted by atomic mass is 10.2. The molecule has 1 aromatic rings. The van der Waals surface area contributed by atoms with Gasteiger partial charge in [-0.15, -0.1) is 0 Å². The molecule has 102 valence electrons. The van der Waals surface area contributed by atoms with E-state index in [0.717, 1.165) is 22.3 Å². The molecule has 1 rings (SSSR count). The summed E-state index contributed by atoms with van der Waals surface area (Å²) in [5, 5.41) is 10.4. The van der Waals surface area contributed by atoms with Gasteiger partial charge in [-0.25, -0.2) is 0 Å². The number of hydrogen-bond acceptors (Lipinski definition) is 3. The van der Waals surface area contributed by atoms with Gasteiger partial charge < -0.3 is 10.6 Å². The Balaban J connectivity index is 2.63. The van der Waals surface area contributed by atoms with Crippen LogP contribution in [0, 0.1) is 0 Å². The SMILES string of the molecule is CCNC(=O)C(C)NCc1c(Br)c(CC)nn1C. The lowest BCUT2D eigenvalue weighted by molar-refractivity contribution is -0.122. The number of aromatic nitrogens is 2. The van der Waals surface area contributed by atoms with Crippen molar-refractivity contribution in [2.45, 2.75) is 39.8 Å². The maximum absolute atomic E-state index is 11.6. The van der Waals surface area contributed by atoms with Crippen molar-refractivity contribution in [1.82, 2.24) is 20.4 Å². The van der Waals surface area contributed by atoms with Gasteiger partial charge in [0.15, 0.2) is 0 Å². The van der Waals surface area contributed by atoms with Crippen LogP contribution >= 0.6 is 15.9 Å². The quantitative estimate of drug-likeness (QED) is 0.833. The number of nitrogens with zero attached hydrogens (tertiary/aromatic N) is 2. The van der Waals surface area contributed by atoms with Gasteiger partial charge in [0.25, 0.3) is 0 Å². The number of hydrogen-bond donors (Lipinski definition) is 2. The fourth-order valence-corrected chi connectivity index (χ4v) is 2.44. The Labute approximate surface area is 116 Å². The first-order chi connectivity index (χ1) is 8.51. The van der Waals surface area contributed by atoms with Crippen molar-refractivity contribution in [2.24, 2.45) is 7.05 Å². The molecule has 0 saturated carbocycles. The fourth-order valence-electron chi connectivity index (χ4n) is 1.68. The van der Waals surface area contributed by atoms with Gasteiger partial charge in [0.1, 0.15) is 0 Å². The summed E-state index contributed by atoms with van der Waals surface area (Å²) >= 11 is 3.56. The largest absolute Gasteiger partial charge is 0.355 e. The van der Waals surface area contributed by atoms with E-state index in [1.54, 1.807) is 0 Å². The maximum Gasteiger partial charge on any atom is 0.236 e. The lowest BCUT2D eigenvalue weighted by Gasteiger charge is -2.13. The van der Waals surface area contributed by atoms with Crippen LogP contribution < -0.4 is 10.6 Å². The first-order valence-corrected chi connectivity index (χ1v) is 7.01. The third kappa shape index (κ3) is 3.55. The monoisotopic (exact) mass is 316 g/mol. The Kier molecular flexibility index (Phi) is 5.81. The second-order valence-corrected chi connectivity index (χ2v) is 4.97. The number of aryl methyl sites for hydroxylation is 2. The average molecular weight is 317 g/mol. The molecule has 0 bridgehead atoms. The van der Waals surface area contributed by atoms with Crippen LogP contribution in [0.5, 0.6) is 0 Å². The topological polar surface area (TPSA) is 59.0 Å². The third-order valence-corrected chi connectivity index (χ3v) is 3.74. The van der Waals surface area contributed by atoms with Gasteiger partial charge in [0.05, 0.1) is 21.9 Å². The summed E-state index contributed by atoms with van der Waals surface area (Å²) in [5.74, 6) is 0.0199. The van der Waals surface area contributed by atoms with Crippen molar-refractivity contribution in [3.63, 3.8) is 0 Å². The number of halogens is 1. The van der Waals surface area contributed by atoms with Gasteiger partial charge in [-0.05, 0) is 36.2 Å². The molecule has 1 unspecified atom stereocenters. The lowest BCUT2D eigenvalue weighted by Crippen LogP contribution is -2.41. The molecule has 0 spiro atoms.